The Morgan fingerprint density at radius 1 is 1.53 bits per heavy atom. The van der Waals surface area contributed by atoms with E-state index in [9.17, 15) is 4.79 Å². The number of nitrogens with one attached hydrogen (secondary N) is 1. The van der Waals surface area contributed by atoms with E-state index >= 15 is 0 Å². The highest BCUT2D eigenvalue weighted by molar-refractivity contribution is 5.99. The molecule has 1 amide bonds. The Labute approximate surface area is 101 Å². The second kappa shape index (κ2) is 4.39. The molecule has 1 fully saturated rings. The smallest absolute Gasteiger partial charge is 0.259 e. The molecule has 2 heterocycles. The zero-order valence-electron chi connectivity index (χ0n) is 10.7. The van der Waals surface area contributed by atoms with Crippen molar-refractivity contribution in [2.24, 2.45) is 5.92 Å². The van der Waals surface area contributed by atoms with E-state index in [0.717, 1.165) is 25.1 Å². The second-order valence-electron chi connectivity index (χ2n) is 5.09. The lowest BCUT2D eigenvalue weighted by molar-refractivity contribution is 0.0589. The monoisotopic (exact) mass is 236 g/mol. The Morgan fingerprint density at radius 2 is 2.24 bits per heavy atom. The number of anilines is 1. The number of nitrogens with two attached hydrogens (primary N) is 1. The van der Waals surface area contributed by atoms with Crippen molar-refractivity contribution < 1.29 is 4.79 Å². The van der Waals surface area contributed by atoms with Gasteiger partial charge in [0.05, 0.1) is 0 Å². The number of rotatable bonds is 1. The van der Waals surface area contributed by atoms with Crippen LogP contribution in [-0.2, 0) is 0 Å². The molecule has 0 aromatic carbocycles. The molecule has 17 heavy (non-hydrogen) atoms. The lowest BCUT2D eigenvalue weighted by Crippen LogP contribution is -2.44. The highest BCUT2D eigenvalue weighted by Crippen LogP contribution is 2.25. The fourth-order valence-corrected chi connectivity index (χ4v) is 2.57. The molecule has 5 heteroatoms. The average Bonchev–Trinajstić information content (AvgIpc) is 2.58. The maximum atomic E-state index is 12.4. The maximum Gasteiger partial charge on any atom is 0.259 e. The minimum Gasteiger partial charge on any atom is -0.382 e. The molecule has 1 saturated heterocycles. The van der Waals surface area contributed by atoms with Crippen LogP contribution in [0.15, 0.2) is 0 Å². The summed E-state index contributed by atoms with van der Waals surface area (Å²) in [6, 6.07) is 0.278. The molecular formula is C12H20N4O. The molecule has 2 rings (SSSR count). The lowest BCUT2D eigenvalue weighted by atomic mass is 9.93. The Kier molecular flexibility index (Phi) is 3.09. The van der Waals surface area contributed by atoms with Crippen molar-refractivity contribution in [3.8, 4) is 0 Å². The molecular weight excluding hydrogens is 216 g/mol. The van der Waals surface area contributed by atoms with E-state index in [2.05, 4.69) is 24.0 Å². The van der Waals surface area contributed by atoms with E-state index < -0.39 is 0 Å². The van der Waals surface area contributed by atoms with Gasteiger partial charge in [0.1, 0.15) is 5.56 Å². The molecule has 2 atom stereocenters. The zero-order chi connectivity index (χ0) is 12.6. The number of aromatic amines is 1. The molecule has 5 nitrogen and oxygen atoms in total. The molecule has 1 aliphatic heterocycles. The maximum absolute atomic E-state index is 12.4. The summed E-state index contributed by atoms with van der Waals surface area (Å²) in [6.07, 6.45) is 2.12. The summed E-state index contributed by atoms with van der Waals surface area (Å²) in [4.78, 5) is 14.3. The summed E-state index contributed by atoms with van der Waals surface area (Å²) in [5.74, 6) is 1.00. The van der Waals surface area contributed by atoms with Gasteiger partial charge in [-0.15, -0.1) is 0 Å². The van der Waals surface area contributed by atoms with Gasteiger partial charge in [-0.25, -0.2) is 0 Å². The van der Waals surface area contributed by atoms with E-state index in [1.807, 2.05) is 11.8 Å². The normalized spacial score (nSPS) is 25.0. The molecule has 1 aromatic rings. The van der Waals surface area contributed by atoms with Crippen molar-refractivity contribution in [1.29, 1.82) is 0 Å². The van der Waals surface area contributed by atoms with Crippen LogP contribution in [0.2, 0.25) is 0 Å². The van der Waals surface area contributed by atoms with Crippen molar-refractivity contribution in [3.63, 3.8) is 0 Å². The van der Waals surface area contributed by atoms with Crippen LogP contribution in [0.25, 0.3) is 0 Å². The summed E-state index contributed by atoms with van der Waals surface area (Å²) in [5, 5.41) is 6.64. The number of hydrogen-bond donors (Lipinski definition) is 2. The van der Waals surface area contributed by atoms with Gasteiger partial charge in [0.15, 0.2) is 5.82 Å². The Balaban J connectivity index is 2.21. The van der Waals surface area contributed by atoms with Crippen molar-refractivity contribution in [2.45, 2.75) is 39.7 Å². The number of nitrogen functional groups attached to an aromatic ring is 1. The first-order chi connectivity index (χ1) is 8.00. The largest absolute Gasteiger partial charge is 0.382 e. The summed E-state index contributed by atoms with van der Waals surface area (Å²) in [7, 11) is 0. The van der Waals surface area contributed by atoms with E-state index in [0.29, 0.717) is 17.3 Å². The van der Waals surface area contributed by atoms with Gasteiger partial charge < -0.3 is 10.6 Å². The fraction of sp³-hybridized carbons (Fsp3) is 0.667. The van der Waals surface area contributed by atoms with Gasteiger partial charge in [-0.3, -0.25) is 9.89 Å². The van der Waals surface area contributed by atoms with Gasteiger partial charge in [-0.05, 0) is 32.6 Å². The van der Waals surface area contributed by atoms with Crippen LogP contribution in [0, 0.1) is 12.8 Å². The van der Waals surface area contributed by atoms with Gasteiger partial charge in [0.2, 0.25) is 0 Å². The predicted molar refractivity (Wildman–Crippen MR) is 66.6 cm³/mol. The number of hydrogen-bond acceptors (Lipinski definition) is 3. The van der Waals surface area contributed by atoms with Gasteiger partial charge in [0, 0.05) is 18.3 Å². The van der Waals surface area contributed by atoms with Crippen molar-refractivity contribution in [3.05, 3.63) is 11.3 Å². The van der Waals surface area contributed by atoms with Crippen LogP contribution in [-0.4, -0.2) is 33.6 Å². The Hall–Kier alpha value is -1.52. The summed E-state index contributed by atoms with van der Waals surface area (Å²) in [6.45, 7) is 6.97. The van der Waals surface area contributed by atoms with Gasteiger partial charge >= 0.3 is 0 Å². The number of likely N-dealkylation sites (tertiary alicyclic amines) is 1. The average molecular weight is 236 g/mol. The van der Waals surface area contributed by atoms with Crippen molar-refractivity contribution >= 4 is 11.7 Å². The van der Waals surface area contributed by atoms with E-state index in [4.69, 9.17) is 5.73 Å². The second-order valence-corrected chi connectivity index (χ2v) is 5.09. The van der Waals surface area contributed by atoms with E-state index in [1.54, 1.807) is 0 Å². The number of piperidine rings is 1. The molecule has 0 saturated carbocycles. The molecule has 0 radical (unpaired) electrons. The first kappa shape index (κ1) is 12.0. The molecule has 0 aliphatic carbocycles. The molecule has 2 unspecified atom stereocenters. The molecule has 1 aliphatic rings. The fourth-order valence-electron chi connectivity index (χ4n) is 2.57. The van der Waals surface area contributed by atoms with E-state index in [1.165, 1.54) is 0 Å². The number of H-pyrrole nitrogens is 1. The van der Waals surface area contributed by atoms with Crippen LogP contribution in [0.5, 0.6) is 0 Å². The molecule has 3 N–H and O–H groups in total. The summed E-state index contributed by atoms with van der Waals surface area (Å²) in [5.41, 5.74) is 7.01. The number of carbonyl (C=O) groups excluding carboxylic acids is 1. The third kappa shape index (κ3) is 2.14. The van der Waals surface area contributed by atoms with Crippen molar-refractivity contribution in [1.82, 2.24) is 15.1 Å². The van der Waals surface area contributed by atoms with Gasteiger partial charge in [-0.2, -0.15) is 5.10 Å². The van der Waals surface area contributed by atoms with Crippen molar-refractivity contribution in [2.75, 3.05) is 12.3 Å². The Morgan fingerprint density at radius 3 is 2.76 bits per heavy atom. The topological polar surface area (TPSA) is 75.0 Å². The highest BCUT2D eigenvalue weighted by Gasteiger charge is 2.30. The zero-order valence-corrected chi connectivity index (χ0v) is 10.7. The predicted octanol–water partition coefficient (Wildman–Crippen LogP) is 1.56. The van der Waals surface area contributed by atoms with E-state index in [-0.39, 0.29) is 11.9 Å². The van der Waals surface area contributed by atoms with Crippen LogP contribution in [0.4, 0.5) is 5.82 Å². The van der Waals surface area contributed by atoms with Crippen LogP contribution >= 0.6 is 0 Å². The lowest BCUT2D eigenvalue weighted by Gasteiger charge is -2.36. The minimum atomic E-state index is 0.00755. The third-order valence-electron chi connectivity index (χ3n) is 3.59. The third-order valence-corrected chi connectivity index (χ3v) is 3.59. The number of aryl methyl sites for hydroxylation is 1. The molecule has 1 aromatic heterocycles. The SMILES string of the molecule is Cc1[nH]nc(N)c1C(=O)N1CCC(C)CC1C. The highest BCUT2D eigenvalue weighted by atomic mass is 16.2. The number of nitrogens with zero attached hydrogens (tertiary/aromatic N) is 2. The van der Waals surface area contributed by atoms with Gasteiger partial charge in [0.25, 0.3) is 5.91 Å². The minimum absolute atomic E-state index is 0.00755. The van der Waals surface area contributed by atoms with Crippen LogP contribution < -0.4 is 5.73 Å². The standard InChI is InChI=1S/C12H20N4O/c1-7-4-5-16(8(2)6-7)12(17)10-9(3)14-15-11(10)13/h7-8H,4-6H2,1-3H3,(H3,13,14,15). The van der Waals surface area contributed by atoms with Crippen LogP contribution in [0.1, 0.15) is 42.7 Å². The number of amides is 1. The first-order valence-electron chi connectivity index (χ1n) is 6.12. The quantitative estimate of drug-likeness (QED) is 0.777. The number of carbonyl (C=O) groups is 1. The first-order valence-corrected chi connectivity index (χ1v) is 6.12. The summed E-state index contributed by atoms with van der Waals surface area (Å²) < 4.78 is 0. The van der Waals surface area contributed by atoms with Crippen LogP contribution in [0.3, 0.4) is 0 Å². The van der Waals surface area contributed by atoms with Gasteiger partial charge in [-0.1, -0.05) is 6.92 Å². The Bertz CT molecular complexity index is 407. The molecule has 94 valence electrons. The number of aromatic nitrogens is 2. The summed E-state index contributed by atoms with van der Waals surface area (Å²) >= 11 is 0. The molecule has 0 spiro atoms. The molecule has 0 bridgehead atoms.